The van der Waals surface area contributed by atoms with E-state index in [1.165, 1.54) is 0 Å². The summed E-state index contributed by atoms with van der Waals surface area (Å²) in [4.78, 5) is 0. The highest BCUT2D eigenvalue weighted by Crippen LogP contribution is 2.33. The molecule has 1 aliphatic carbocycles. The molecule has 1 atom stereocenters. The van der Waals surface area contributed by atoms with E-state index in [-0.39, 0.29) is 18.7 Å². The third-order valence-electron chi connectivity index (χ3n) is 4.47. The van der Waals surface area contributed by atoms with Crippen molar-refractivity contribution in [2.24, 2.45) is 0 Å². The van der Waals surface area contributed by atoms with Gasteiger partial charge >= 0.3 is 0 Å². The number of aromatic nitrogens is 4. The molecule has 0 aliphatic heterocycles. The van der Waals surface area contributed by atoms with Gasteiger partial charge < -0.3 is 14.7 Å². The first-order valence-corrected chi connectivity index (χ1v) is 8.20. The summed E-state index contributed by atoms with van der Waals surface area (Å²) in [5.74, 6) is 0.627. The maximum Gasteiger partial charge on any atom is 0.167 e. The topological polar surface area (TPSA) is 109 Å². The Bertz CT molecular complexity index is 826. The monoisotopic (exact) mass is 341 g/mol. The fourth-order valence-corrected chi connectivity index (χ4v) is 2.97. The summed E-state index contributed by atoms with van der Waals surface area (Å²) in [6.45, 7) is -0.108. The van der Waals surface area contributed by atoms with Crippen LogP contribution in [0.1, 0.15) is 36.5 Å². The van der Waals surface area contributed by atoms with E-state index >= 15 is 0 Å². The Labute approximate surface area is 144 Å². The van der Waals surface area contributed by atoms with Crippen LogP contribution in [0, 0.1) is 0 Å². The lowest BCUT2D eigenvalue weighted by Gasteiger charge is -2.36. The van der Waals surface area contributed by atoms with Crippen molar-refractivity contribution in [2.45, 2.75) is 37.8 Å². The van der Waals surface area contributed by atoms with E-state index in [9.17, 15) is 5.11 Å². The van der Waals surface area contributed by atoms with Crippen molar-refractivity contribution in [1.29, 1.82) is 0 Å². The van der Waals surface area contributed by atoms with Gasteiger partial charge in [-0.05, 0) is 12.8 Å². The van der Waals surface area contributed by atoms with E-state index in [4.69, 9.17) is 9.63 Å². The molecule has 0 spiro atoms. The highest BCUT2D eigenvalue weighted by atomic mass is 16.5. The Morgan fingerprint density at radius 3 is 2.80 bits per heavy atom. The Hall–Kier alpha value is -2.55. The normalized spacial score (nSPS) is 21.0. The molecule has 130 valence electrons. The van der Waals surface area contributed by atoms with Crippen LogP contribution < -0.4 is 5.32 Å². The van der Waals surface area contributed by atoms with Crippen molar-refractivity contribution in [3.8, 4) is 11.3 Å². The Kier molecular flexibility index (Phi) is 4.31. The smallest absolute Gasteiger partial charge is 0.167 e. The molecule has 4 rings (SSSR count). The van der Waals surface area contributed by atoms with Gasteiger partial charge in [0.05, 0.1) is 18.8 Å². The van der Waals surface area contributed by atoms with Crippen molar-refractivity contribution in [3.05, 3.63) is 54.0 Å². The first-order valence-electron chi connectivity index (χ1n) is 8.20. The van der Waals surface area contributed by atoms with Gasteiger partial charge in [0, 0.05) is 17.7 Å². The van der Waals surface area contributed by atoms with Crippen LogP contribution in [-0.4, -0.2) is 36.4 Å². The molecular weight excluding hydrogens is 322 g/mol. The molecule has 1 aromatic carbocycles. The van der Waals surface area contributed by atoms with E-state index in [0.717, 1.165) is 18.4 Å². The molecule has 0 amide bonds. The standard InChI is InChI=1S/C17H19N5O3/c23-10-13-9-22(21-19-13)14-6-12(7-14)18-17(24)15-8-16(25-20-15)11-4-2-1-3-5-11/h1-5,8-9,12,14,17-18,23-24H,6-7,10H2/t12-,14+,17?. The molecule has 25 heavy (non-hydrogen) atoms. The minimum atomic E-state index is -0.879. The lowest BCUT2D eigenvalue weighted by atomic mass is 9.86. The van der Waals surface area contributed by atoms with Gasteiger partial charge in [0.1, 0.15) is 11.4 Å². The number of benzene rings is 1. The Balaban J connectivity index is 1.33. The van der Waals surface area contributed by atoms with Crippen LogP contribution in [0.4, 0.5) is 0 Å². The predicted octanol–water partition coefficient (Wildman–Crippen LogP) is 1.41. The molecule has 0 bridgehead atoms. The second-order valence-corrected chi connectivity index (χ2v) is 6.22. The molecule has 1 aliphatic rings. The van der Waals surface area contributed by atoms with Crippen molar-refractivity contribution in [2.75, 3.05) is 0 Å². The quantitative estimate of drug-likeness (QED) is 0.582. The van der Waals surface area contributed by atoms with Gasteiger partial charge in [-0.2, -0.15) is 0 Å². The molecule has 8 heteroatoms. The SMILES string of the molecule is OCc1cn([C@H]2C[C@@H](NC(O)c3cc(-c4ccccc4)on3)C2)nn1. The van der Waals surface area contributed by atoms with Gasteiger partial charge in [0.25, 0.3) is 0 Å². The van der Waals surface area contributed by atoms with Crippen molar-refractivity contribution in [3.63, 3.8) is 0 Å². The molecule has 1 fully saturated rings. The van der Waals surface area contributed by atoms with E-state index in [1.807, 2.05) is 30.3 Å². The van der Waals surface area contributed by atoms with Crippen molar-refractivity contribution in [1.82, 2.24) is 25.5 Å². The highest BCUT2D eigenvalue weighted by molar-refractivity contribution is 5.56. The predicted molar refractivity (Wildman–Crippen MR) is 88.0 cm³/mol. The minimum Gasteiger partial charge on any atom is -0.390 e. The van der Waals surface area contributed by atoms with E-state index in [1.54, 1.807) is 16.9 Å². The van der Waals surface area contributed by atoms with E-state index < -0.39 is 6.23 Å². The number of aliphatic hydroxyl groups is 2. The second-order valence-electron chi connectivity index (χ2n) is 6.22. The van der Waals surface area contributed by atoms with Crippen molar-refractivity contribution < 1.29 is 14.7 Å². The molecule has 0 radical (unpaired) electrons. The van der Waals surface area contributed by atoms with Gasteiger partial charge in [0.15, 0.2) is 12.0 Å². The second kappa shape index (κ2) is 6.75. The van der Waals surface area contributed by atoms with Crippen LogP contribution >= 0.6 is 0 Å². The van der Waals surface area contributed by atoms with Gasteiger partial charge in [0.2, 0.25) is 0 Å². The van der Waals surface area contributed by atoms with Gasteiger partial charge in [-0.1, -0.05) is 40.7 Å². The zero-order valence-corrected chi connectivity index (χ0v) is 13.5. The molecule has 1 unspecified atom stereocenters. The van der Waals surface area contributed by atoms with Crippen LogP contribution in [0.25, 0.3) is 11.3 Å². The molecule has 3 N–H and O–H groups in total. The number of rotatable bonds is 6. The van der Waals surface area contributed by atoms with Gasteiger partial charge in [-0.3, -0.25) is 5.32 Å². The largest absolute Gasteiger partial charge is 0.390 e. The Morgan fingerprint density at radius 2 is 2.08 bits per heavy atom. The van der Waals surface area contributed by atoms with Gasteiger partial charge in [-0.15, -0.1) is 5.10 Å². The third-order valence-corrected chi connectivity index (χ3v) is 4.47. The summed E-state index contributed by atoms with van der Waals surface area (Å²) in [6.07, 6.45) is 2.53. The zero-order valence-electron chi connectivity index (χ0n) is 13.5. The Morgan fingerprint density at radius 1 is 1.28 bits per heavy atom. The summed E-state index contributed by atoms with van der Waals surface area (Å²) in [6, 6.07) is 11.8. The molecule has 2 aromatic heterocycles. The van der Waals surface area contributed by atoms with Crippen molar-refractivity contribution >= 4 is 0 Å². The van der Waals surface area contributed by atoms with Gasteiger partial charge in [-0.25, -0.2) is 4.68 Å². The number of aliphatic hydroxyl groups excluding tert-OH is 2. The first-order chi connectivity index (χ1) is 12.2. The molecule has 3 aromatic rings. The molecule has 0 saturated heterocycles. The molecule has 8 nitrogen and oxygen atoms in total. The minimum absolute atomic E-state index is 0.108. The summed E-state index contributed by atoms with van der Waals surface area (Å²) >= 11 is 0. The summed E-state index contributed by atoms with van der Waals surface area (Å²) in [7, 11) is 0. The average Bonchev–Trinajstić information content (AvgIpc) is 3.27. The lowest BCUT2D eigenvalue weighted by Crippen LogP contribution is -2.44. The summed E-state index contributed by atoms with van der Waals surface area (Å²) in [5.41, 5.74) is 1.95. The number of hydrogen-bond acceptors (Lipinski definition) is 7. The fourth-order valence-electron chi connectivity index (χ4n) is 2.97. The number of hydrogen-bond donors (Lipinski definition) is 3. The number of nitrogens with one attached hydrogen (secondary N) is 1. The zero-order chi connectivity index (χ0) is 17.2. The maximum atomic E-state index is 10.3. The molecule has 2 heterocycles. The average molecular weight is 341 g/mol. The van der Waals surface area contributed by atoms with E-state index in [0.29, 0.717) is 17.1 Å². The van der Waals surface area contributed by atoms with Crippen LogP contribution in [-0.2, 0) is 6.61 Å². The maximum absolute atomic E-state index is 10.3. The molecule has 1 saturated carbocycles. The van der Waals surface area contributed by atoms with Crippen LogP contribution in [0.15, 0.2) is 47.1 Å². The van der Waals surface area contributed by atoms with E-state index in [2.05, 4.69) is 20.8 Å². The fraction of sp³-hybridized carbons (Fsp3) is 0.353. The lowest BCUT2D eigenvalue weighted by molar-refractivity contribution is 0.0781. The van der Waals surface area contributed by atoms with Crippen LogP contribution in [0.2, 0.25) is 0 Å². The number of nitrogens with zero attached hydrogens (tertiary/aromatic N) is 4. The van der Waals surface area contributed by atoms with Crippen LogP contribution in [0.3, 0.4) is 0 Å². The summed E-state index contributed by atoms with van der Waals surface area (Å²) < 4.78 is 7.08. The third kappa shape index (κ3) is 3.32. The van der Waals surface area contributed by atoms with Crippen LogP contribution in [0.5, 0.6) is 0 Å². The first kappa shape index (κ1) is 15.9. The highest BCUT2D eigenvalue weighted by Gasteiger charge is 2.33. The molecular formula is C17H19N5O3. The summed E-state index contributed by atoms with van der Waals surface area (Å²) in [5, 5.41) is 34.3.